The molecule has 1 unspecified atom stereocenters. The number of esters is 1. The van der Waals surface area contributed by atoms with Crippen LogP contribution < -0.4 is 0 Å². The number of benzene rings is 1. The minimum absolute atomic E-state index is 0.220. The molecule has 0 spiro atoms. The van der Waals surface area contributed by atoms with Crippen molar-refractivity contribution in [2.75, 3.05) is 7.11 Å². The molecule has 0 saturated carbocycles. The maximum atomic E-state index is 12.3. The monoisotopic (exact) mass is 260 g/mol. The first-order valence-corrected chi connectivity index (χ1v) is 6.11. The van der Waals surface area contributed by atoms with E-state index >= 15 is 0 Å². The summed E-state index contributed by atoms with van der Waals surface area (Å²) in [4.78, 5) is 28.1. The van der Waals surface area contributed by atoms with Crippen molar-refractivity contribution in [2.45, 2.75) is 13.3 Å². The molecule has 1 atom stereocenters. The number of Topliss-reactive ketones (excluding diaryl/α,β-unsaturated/α-hetero) is 1. The summed E-state index contributed by atoms with van der Waals surface area (Å²) < 4.78 is 6.53. The third-order valence-corrected chi connectivity index (χ3v) is 3.22. The molecular weight excluding hydrogens is 244 g/mol. The SMILES string of the molecule is CCC(C(=O)OC)C(=O)c1ccc2c(c1)ncn2C. The molecule has 0 aliphatic heterocycles. The number of carbonyl (C=O) groups is 2. The van der Waals surface area contributed by atoms with E-state index < -0.39 is 11.9 Å². The largest absolute Gasteiger partial charge is 0.468 e. The Morgan fingerprint density at radius 1 is 1.42 bits per heavy atom. The van der Waals surface area contributed by atoms with Gasteiger partial charge in [0.25, 0.3) is 0 Å². The van der Waals surface area contributed by atoms with E-state index in [9.17, 15) is 9.59 Å². The van der Waals surface area contributed by atoms with Crippen LogP contribution in [0.3, 0.4) is 0 Å². The molecule has 5 heteroatoms. The highest BCUT2D eigenvalue weighted by atomic mass is 16.5. The molecule has 1 heterocycles. The van der Waals surface area contributed by atoms with Crippen LogP contribution in [-0.4, -0.2) is 28.4 Å². The maximum absolute atomic E-state index is 12.3. The Morgan fingerprint density at radius 3 is 2.79 bits per heavy atom. The Kier molecular flexibility index (Phi) is 3.64. The van der Waals surface area contributed by atoms with E-state index in [4.69, 9.17) is 0 Å². The van der Waals surface area contributed by atoms with Crippen molar-refractivity contribution in [3.8, 4) is 0 Å². The number of methoxy groups -OCH3 is 1. The molecular formula is C14H16N2O3. The molecule has 0 aliphatic carbocycles. The van der Waals surface area contributed by atoms with E-state index in [-0.39, 0.29) is 5.78 Å². The second-order valence-corrected chi connectivity index (χ2v) is 4.41. The quantitative estimate of drug-likeness (QED) is 0.479. The first-order chi connectivity index (χ1) is 9.08. The molecule has 5 nitrogen and oxygen atoms in total. The fraction of sp³-hybridized carbons (Fsp3) is 0.357. The van der Waals surface area contributed by atoms with Gasteiger partial charge in [-0.05, 0) is 24.6 Å². The van der Waals surface area contributed by atoms with Crippen LogP contribution in [0.25, 0.3) is 11.0 Å². The lowest BCUT2D eigenvalue weighted by Crippen LogP contribution is -2.24. The van der Waals surface area contributed by atoms with Gasteiger partial charge in [-0.15, -0.1) is 0 Å². The van der Waals surface area contributed by atoms with Crippen LogP contribution in [-0.2, 0) is 16.6 Å². The number of hydrogen-bond donors (Lipinski definition) is 0. The molecule has 0 fully saturated rings. The number of aryl methyl sites for hydroxylation is 1. The van der Waals surface area contributed by atoms with Crippen molar-refractivity contribution < 1.29 is 14.3 Å². The van der Waals surface area contributed by atoms with Crippen molar-refractivity contribution in [3.63, 3.8) is 0 Å². The molecule has 2 aromatic rings. The molecule has 1 aromatic carbocycles. The summed E-state index contributed by atoms with van der Waals surface area (Å²) in [5, 5.41) is 0. The smallest absolute Gasteiger partial charge is 0.316 e. The molecule has 0 aliphatic rings. The molecule has 100 valence electrons. The first kappa shape index (κ1) is 13.3. The molecule has 0 bridgehead atoms. The van der Waals surface area contributed by atoms with Gasteiger partial charge in [-0.1, -0.05) is 6.92 Å². The molecule has 0 saturated heterocycles. The highest BCUT2D eigenvalue weighted by Crippen LogP contribution is 2.19. The number of rotatable bonds is 4. The number of hydrogen-bond acceptors (Lipinski definition) is 4. The van der Waals surface area contributed by atoms with Crippen LogP contribution in [0.5, 0.6) is 0 Å². The fourth-order valence-corrected chi connectivity index (χ4v) is 2.09. The van der Waals surface area contributed by atoms with Crippen molar-refractivity contribution in [3.05, 3.63) is 30.1 Å². The van der Waals surface area contributed by atoms with E-state index in [1.165, 1.54) is 7.11 Å². The van der Waals surface area contributed by atoms with Gasteiger partial charge in [-0.25, -0.2) is 4.98 Å². The Bertz CT molecular complexity index is 631. The average molecular weight is 260 g/mol. The summed E-state index contributed by atoms with van der Waals surface area (Å²) in [5.41, 5.74) is 2.18. The van der Waals surface area contributed by atoms with Crippen LogP contribution in [0.4, 0.5) is 0 Å². The molecule has 1 aromatic heterocycles. The van der Waals surface area contributed by atoms with Gasteiger partial charge in [-0.2, -0.15) is 0 Å². The average Bonchev–Trinajstić information content (AvgIpc) is 2.80. The second kappa shape index (κ2) is 5.22. The zero-order valence-corrected chi connectivity index (χ0v) is 11.2. The lowest BCUT2D eigenvalue weighted by Gasteiger charge is -2.11. The lowest BCUT2D eigenvalue weighted by molar-refractivity contribution is -0.143. The number of ketones is 1. The number of fused-ring (bicyclic) bond motifs is 1. The third-order valence-electron chi connectivity index (χ3n) is 3.22. The van der Waals surface area contributed by atoms with Gasteiger partial charge in [0.15, 0.2) is 5.78 Å². The molecule has 2 rings (SSSR count). The van der Waals surface area contributed by atoms with Gasteiger partial charge in [0.2, 0.25) is 0 Å². The highest BCUT2D eigenvalue weighted by Gasteiger charge is 2.26. The van der Waals surface area contributed by atoms with Crippen LogP contribution >= 0.6 is 0 Å². The van der Waals surface area contributed by atoms with Crippen molar-refractivity contribution in [2.24, 2.45) is 13.0 Å². The van der Waals surface area contributed by atoms with E-state index in [1.54, 1.807) is 25.4 Å². The van der Waals surface area contributed by atoms with Crippen molar-refractivity contribution in [1.29, 1.82) is 0 Å². The van der Waals surface area contributed by atoms with E-state index in [2.05, 4.69) is 9.72 Å². The zero-order valence-electron chi connectivity index (χ0n) is 11.2. The Hall–Kier alpha value is -2.17. The molecule has 19 heavy (non-hydrogen) atoms. The third kappa shape index (κ3) is 2.36. The second-order valence-electron chi connectivity index (χ2n) is 4.41. The van der Waals surface area contributed by atoms with E-state index in [1.807, 2.05) is 17.7 Å². The lowest BCUT2D eigenvalue weighted by atomic mass is 9.95. The first-order valence-electron chi connectivity index (χ1n) is 6.11. The van der Waals surface area contributed by atoms with Gasteiger partial charge >= 0.3 is 5.97 Å². The van der Waals surface area contributed by atoms with Crippen LogP contribution in [0, 0.1) is 5.92 Å². The van der Waals surface area contributed by atoms with Gasteiger partial charge in [0.05, 0.1) is 24.5 Å². The molecule has 0 amide bonds. The summed E-state index contributed by atoms with van der Waals surface area (Å²) in [6.45, 7) is 1.79. The van der Waals surface area contributed by atoms with Crippen LogP contribution in [0.15, 0.2) is 24.5 Å². The number of nitrogens with zero attached hydrogens (tertiary/aromatic N) is 2. The maximum Gasteiger partial charge on any atom is 0.316 e. The van der Waals surface area contributed by atoms with Crippen molar-refractivity contribution in [1.82, 2.24) is 9.55 Å². The number of aromatic nitrogens is 2. The minimum atomic E-state index is -0.744. The summed E-state index contributed by atoms with van der Waals surface area (Å²) in [5.74, 6) is -1.46. The van der Waals surface area contributed by atoms with Crippen molar-refractivity contribution >= 4 is 22.8 Å². The van der Waals surface area contributed by atoms with Gasteiger partial charge in [0.1, 0.15) is 5.92 Å². The Labute approximate surface area is 111 Å². The summed E-state index contributed by atoms with van der Waals surface area (Å²) >= 11 is 0. The highest BCUT2D eigenvalue weighted by molar-refractivity contribution is 6.09. The predicted octanol–water partition coefficient (Wildman–Crippen LogP) is 1.96. The van der Waals surface area contributed by atoms with Gasteiger partial charge < -0.3 is 9.30 Å². The minimum Gasteiger partial charge on any atom is -0.468 e. The van der Waals surface area contributed by atoms with Crippen LogP contribution in [0.2, 0.25) is 0 Å². The predicted molar refractivity (Wildman–Crippen MR) is 70.8 cm³/mol. The van der Waals surface area contributed by atoms with Crippen LogP contribution in [0.1, 0.15) is 23.7 Å². The Morgan fingerprint density at radius 2 is 2.16 bits per heavy atom. The zero-order chi connectivity index (χ0) is 14.0. The fourth-order valence-electron chi connectivity index (χ4n) is 2.09. The standard InChI is InChI=1S/C14H16N2O3/c1-4-10(14(18)19-3)13(17)9-5-6-12-11(7-9)15-8-16(12)2/h5-8,10H,4H2,1-3H3. The topological polar surface area (TPSA) is 61.2 Å². The summed E-state index contributed by atoms with van der Waals surface area (Å²) in [7, 11) is 3.18. The normalized spacial score (nSPS) is 12.4. The van der Waals surface area contributed by atoms with E-state index in [0.29, 0.717) is 12.0 Å². The van der Waals surface area contributed by atoms with Gasteiger partial charge in [-0.3, -0.25) is 9.59 Å². The summed E-state index contributed by atoms with van der Waals surface area (Å²) in [6.07, 6.45) is 2.11. The van der Waals surface area contributed by atoms with Gasteiger partial charge in [0, 0.05) is 12.6 Å². The Balaban J connectivity index is 2.37. The molecule has 0 N–H and O–H groups in total. The summed E-state index contributed by atoms with van der Waals surface area (Å²) in [6, 6.07) is 5.26. The number of ether oxygens (including phenoxy) is 1. The molecule has 0 radical (unpaired) electrons. The number of imidazole rings is 1. The van der Waals surface area contributed by atoms with E-state index in [0.717, 1.165) is 11.0 Å². The number of carbonyl (C=O) groups excluding carboxylic acids is 2.